The van der Waals surface area contributed by atoms with E-state index in [1.54, 1.807) is 7.11 Å². The van der Waals surface area contributed by atoms with Gasteiger partial charge in [0.15, 0.2) is 0 Å². The standard InChI is InChI=1S/C11H13NO/c1-8-5-6-11(13-4)10(7-8)9(2)12-3/h5-7,9H,1-2,4H3. The maximum atomic E-state index is 6.96. The molecule has 0 spiro atoms. The molecular formula is C11H13NO. The second-order valence-electron chi connectivity index (χ2n) is 3.05. The van der Waals surface area contributed by atoms with Crippen molar-refractivity contribution in [3.8, 4) is 5.75 Å². The summed E-state index contributed by atoms with van der Waals surface area (Å²) in [4.78, 5) is 3.48. The quantitative estimate of drug-likeness (QED) is 0.630. The molecule has 0 saturated heterocycles. The lowest BCUT2D eigenvalue weighted by Crippen LogP contribution is -1.94. The minimum atomic E-state index is -0.130. The van der Waals surface area contributed by atoms with Gasteiger partial charge in [-0.25, -0.2) is 6.57 Å². The highest BCUT2D eigenvalue weighted by atomic mass is 16.5. The fraction of sp³-hybridized carbons (Fsp3) is 0.364. The molecule has 68 valence electrons. The number of benzene rings is 1. The molecule has 0 radical (unpaired) electrons. The molecule has 0 aromatic heterocycles. The predicted molar refractivity (Wildman–Crippen MR) is 52.7 cm³/mol. The van der Waals surface area contributed by atoms with Gasteiger partial charge in [0.1, 0.15) is 5.75 Å². The second kappa shape index (κ2) is 3.95. The van der Waals surface area contributed by atoms with Crippen LogP contribution in [-0.4, -0.2) is 7.11 Å². The van der Waals surface area contributed by atoms with E-state index >= 15 is 0 Å². The van der Waals surface area contributed by atoms with Gasteiger partial charge in [-0.1, -0.05) is 11.6 Å². The van der Waals surface area contributed by atoms with E-state index in [1.807, 2.05) is 32.0 Å². The van der Waals surface area contributed by atoms with Crippen LogP contribution in [0, 0.1) is 13.5 Å². The summed E-state index contributed by atoms with van der Waals surface area (Å²) in [5, 5.41) is 0. The highest BCUT2D eigenvalue weighted by Crippen LogP contribution is 2.28. The largest absolute Gasteiger partial charge is 0.496 e. The van der Waals surface area contributed by atoms with E-state index in [0.29, 0.717) is 0 Å². The molecule has 0 aliphatic heterocycles. The Morgan fingerprint density at radius 1 is 1.46 bits per heavy atom. The number of nitrogens with zero attached hydrogens (tertiary/aromatic N) is 1. The lowest BCUT2D eigenvalue weighted by atomic mass is 10.1. The summed E-state index contributed by atoms with van der Waals surface area (Å²) in [5.41, 5.74) is 2.13. The van der Waals surface area contributed by atoms with Crippen molar-refractivity contribution in [3.63, 3.8) is 0 Å². The molecule has 0 aliphatic carbocycles. The van der Waals surface area contributed by atoms with Crippen molar-refractivity contribution in [2.75, 3.05) is 7.11 Å². The third-order valence-electron chi connectivity index (χ3n) is 2.03. The lowest BCUT2D eigenvalue weighted by molar-refractivity contribution is 0.408. The Morgan fingerprint density at radius 3 is 2.69 bits per heavy atom. The zero-order valence-electron chi connectivity index (χ0n) is 8.16. The highest BCUT2D eigenvalue weighted by molar-refractivity contribution is 5.39. The monoisotopic (exact) mass is 175 g/mol. The fourth-order valence-electron chi connectivity index (χ4n) is 1.25. The van der Waals surface area contributed by atoms with Gasteiger partial charge in [-0.05, 0) is 19.1 Å². The van der Waals surface area contributed by atoms with Crippen molar-refractivity contribution in [2.24, 2.45) is 0 Å². The van der Waals surface area contributed by atoms with Gasteiger partial charge in [-0.3, -0.25) is 0 Å². The number of hydrogen-bond donors (Lipinski definition) is 0. The smallest absolute Gasteiger partial charge is 0.249 e. The maximum Gasteiger partial charge on any atom is 0.249 e. The van der Waals surface area contributed by atoms with Crippen LogP contribution in [0.4, 0.5) is 0 Å². The summed E-state index contributed by atoms with van der Waals surface area (Å²) >= 11 is 0. The molecule has 2 heteroatoms. The van der Waals surface area contributed by atoms with E-state index in [-0.39, 0.29) is 6.04 Å². The first kappa shape index (κ1) is 9.60. The molecule has 1 aromatic rings. The molecule has 1 rings (SSSR count). The molecule has 1 unspecified atom stereocenters. The Balaban J connectivity index is 3.17. The first-order valence-corrected chi connectivity index (χ1v) is 4.20. The lowest BCUT2D eigenvalue weighted by Gasteiger charge is -2.07. The third-order valence-corrected chi connectivity index (χ3v) is 2.03. The molecule has 0 N–H and O–H groups in total. The SMILES string of the molecule is [C-]#[N+]C(C)c1cc(C)ccc1OC. The van der Waals surface area contributed by atoms with Crippen LogP contribution < -0.4 is 4.74 Å². The van der Waals surface area contributed by atoms with E-state index < -0.39 is 0 Å². The van der Waals surface area contributed by atoms with E-state index in [0.717, 1.165) is 16.9 Å². The van der Waals surface area contributed by atoms with Crippen LogP contribution in [-0.2, 0) is 0 Å². The molecule has 0 saturated carbocycles. The molecule has 0 bridgehead atoms. The number of methoxy groups -OCH3 is 1. The van der Waals surface area contributed by atoms with Gasteiger partial charge in [0, 0.05) is 6.92 Å². The Labute approximate surface area is 79.0 Å². The van der Waals surface area contributed by atoms with Crippen LogP contribution in [0.25, 0.3) is 4.85 Å². The summed E-state index contributed by atoms with van der Waals surface area (Å²) in [6.07, 6.45) is 0. The Bertz CT molecular complexity index is 338. The zero-order valence-corrected chi connectivity index (χ0v) is 8.16. The first-order valence-electron chi connectivity index (χ1n) is 4.20. The number of hydrogen-bond acceptors (Lipinski definition) is 1. The number of ether oxygens (including phenoxy) is 1. The molecule has 13 heavy (non-hydrogen) atoms. The minimum Gasteiger partial charge on any atom is -0.496 e. The Morgan fingerprint density at radius 2 is 2.15 bits per heavy atom. The van der Waals surface area contributed by atoms with Gasteiger partial charge < -0.3 is 9.58 Å². The maximum absolute atomic E-state index is 6.96. The second-order valence-corrected chi connectivity index (χ2v) is 3.05. The van der Waals surface area contributed by atoms with Gasteiger partial charge in [-0.15, -0.1) is 0 Å². The van der Waals surface area contributed by atoms with Gasteiger partial charge in [0.05, 0.1) is 12.7 Å². The fourth-order valence-corrected chi connectivity index (χ4v) is 1.25. The predicted octanol–water partition coefficient (Wildman–Crippen LogP) is 2.98. The average Bonchev–Trinajstić information content (AvgIpc) is 2.16. The summed E-state index contributed by atoms with van der Waals surface area (Å²) in [5.74, 6) is 0.800. The minimum absolute atomic E-state index is 0.130. The van der Waals surface area contributed by atoms with E-state index in [4.69, 9.17) is 11.3 Å². The van der Waals surface area contributed by atoms with Gasteiger partial charge in [0.25, 0.3) is 0 Å². The summed E-state index contributed by atoms with van der Waals surface area (Å²) in [7, 11) is 1.63. The summed E-state index contributed by atoms with van der Waals surface area (Å²) in [6.45, 7) is 10.9. The van der Waals surface area contributed by atoms with E-state index in [9.17, 15) is 0 Å². The summed E-state index contributed by atoms with van der Waals surface area (Å²) in [6, 6.07) is 5.77. The van der Waals surface area contributed by atoms with Crippen molar-refractivity contribution in [1.82, 2.24) is 0 Å². The first-order chi connectivity index (χ1) is 6.19. The molecule has 1 atom stereocenters. The molecule has 0 fully saturated rings. The molecular weight excluding hydrogens is 162 g/mol. The number of rotatable bonds is 2. The van der Waals surface area contributed by atoms with E-state index in [2.05, 4.69) is 4.85 Å². The highest BCUT2D eigenvalue weighted by Gasteiger charge is 2.14. The summed E-state index contributed by atoms with van der Waals surface area (Å²) < 4.78 is 5.18. The Kier molecular flexibility index (Phi) is 2.92. The molecule has 0 heterocycles. The van der Waals surface area contributed by atoms with Crippen molar-refractivity contribution in [1.29, 1.82) is 0 Å². The van der Waals surface area contributed by atoms with Gasteiger partial charge >= 0.3 is 0 Å². The van der Waals surface area contributed by atoms with Crippen LogP contribution in [0.5, 0.6) is 5.75 Å². The normalized spacial score (nSPS) is 11.8. The van der Waals surface area contributed by atoms with Gasteiger partial charge in [0.2, 0.25) is 6.04 Å². The van der Waals surface area contributed by atoms with Crippen LogP contribution in [0.3, 0.4) is 0 Å². The third kappa shape index (κ3) is 2.00. The zero-order chi connectivity index (χ0) is 9.84. The van der Waals surface area contributed by atoms with E-state index in [1.165, 1.54) is 0 Å². The van der Waals surface area contributed by atoms with Crippen molar-refractivity contribution in [3.05, 3.63) is 40.7 Å². The topological polar surface area (TPSA) is 13.6 Å². The average molecular weight is 175 g/mol. The van der Waals surface area contributed by atoms with Crippen LogP contribution in [0.1, 0.15) is 24.1 Å². The Hall–Kier alpha value is -1.49. The molecule has 0 aliphatic rings. The van der Waals surface area contributed by atoms with Crippen molar-refractivity contribution >= 4 is 0 Å². The molecule has 2 nitrogen and oxygen atoms in total. The van der Waals surface area contributed by atoms with Crippen molar-refractivity contribution < 1.29 is 4.74 Å². The van der Waals surface area contributed by atoms with Crippen LogP contribution in [0.15, 0.2) is 18.2 Å². The number of aryl methyl sites for hydroxylation is 1. The molecule has 0 amide bonds. The van der Waals surface area contributed by atoms with Crippen LogP contribution >= 0.6 is 0 Å². The van der Waals surface area contributed by atoms with Crippen LogP contribution in [0.2, 0.25) is 0 Å². The van der Waals surface area contributed by atoms with Crippen molar-refractivity contribution in [2.45, 2.75) is 19.9 Å². The van der Waals surface area contributed by atoms with Gasteiger partial charge in [-0.2, -0.15) is 0 Å². The molecule has 1 aromatic carbocycles.